The summed E-state index contributed by atoms with van der Waals surface area (Å²) in [6, 6.07) is 1.86. The SMILES string of the molecule is Cc1cc(NC(=O)c2cncc3c2CCN(C)C3)n(C)n1. The van der Waals surface area contributed by atoms with E-state index in [4.69, 9.17) is 0 Å². The zero-order valence-electron chi connectivity index (χ0n) is 12.6. The van der Waals surface area contributed by atoms with Gasteiger partial charge in [0.15, 0.2) is 0 Å². The molecule has 0 aromatic carbocycles. The van der Waals surface area contributed by atoms with Crippen LogP contribution in [0.3, 0.4) is 0 Å². The monoisotopic (exact) mass is 285 g/mol. The Hall–Kier alpha value is -2.21. The molecule has 110 valence electrons. The van der Waals surface area contributed by atoms with E-state index in [1.54, 1.807) is 10.9 Å². The summed E-state index contributed by atoms with van der Waals surface area (Å²) in [5, 5.41) is 7.15. The number of likely N-dealkylation sites (N-methyl/N-ethyl adjacent to an activating group) is 1. The van der Waals surface area contributed by atoms with Crippen LogP contribution in [0.15, 0.2) is 18.5 Å². The van der Waals surface area contributed by atoms with Crippen LogP contribution in [0.2, 0.25) is 0 Å². The molecule has 0 radical (unpaired) electrons. The van der Waals surface area contributed by atoms with E-state index in [1.165, 1.54) is 0 Å². The molecule has 2 aromatic rings. The lowest BCUT2D eigenvalue weighted by atomic mass is 9.97. The number of nitrogens with zero attached hydrogens (tertiary/aromatic N) is 4. The predicted octanol–water partition coefficient (Wildman–Crippen LogP) is 1.36. The topological polar surface area (TPSA) is 63.1 Å². The van der Waals surface area contributed by atoms with Gasteiger partial charge < -0.3 is 10.2 Å². The minimum absolute atomic E-state index is 0.119. The number of hydrogen-bond acceptors (Lipinski definition) is 4. The van der Waals surface area contributed by atoms with Crippen LogP contribution in [0.5, 0.6) is 0 Å². The predicted molar refractivity (Wildman–Crippen MR) is 80.2 cm³/mol. The third-order valence-corrected chi connectivity index (χ3v) is 3.82. The van der Waals surface area contributed by atoms with Gasteiger partial charge in [-0.05, 0) is 31.5 Å². The molecule has 0 unspecified atom stereocenters. The van der Waals surface area contributed by atoms with Gasteiger partial charge >= 0.3 is 0 Å². The number of nitrogens with one attached hydrogen (secondary N) is 1. The molecule has 0 saturated carbocycles. The molecule has 3 rings (SSSR count). The fraction of sp³-hybridized carbons (Fsp3) is 0.400. The van der Waals surface area contributed by atoms with E-state index in [1.807, 2.05) is 26.2 Å². The Kier molecular flexibility index (Phi) is 3.47. The number of carbonyl (C=O) groups is 1. The molecule has 0 aliphatic carbocycles. The van der Waals surface area contributed by atoms with E-state index >= 15 is 0 Å². The van der Waals surface area contributed by atoms with Crippen LogP contribution < -0.4 is 5.32 Å². The summed E-state index contributed by atoms with van der Waals surface area (Å²) in [6.45, 7) is 3.70. The second-order valence-corrected chi connectivity index (χ2v) is 5.56. The number of anilines is 1. The number of fused-ring (bicyclic) bond motifs is 1. The second-order valence-electron chi connectivity index (χ2n) is 5.56. The normalized spacial score (nSPS) is 14.8. The molecule has 0 saturated heterocycles. The number of hydrogen-bond donors (Lipinski definition) is 1. The zero-order valence-corrected chi connectivity index (χ0v) is 12.6. The third-order valence-electron chi connectivity index (χ3n) is 3.82. The number of carbonyl (C=O) groups excluding carboxylic acids is 1. The number of amides is 1. The minimum Gasteiger partial charge on any atom is -0.307 e. The lowest BCUT2D eigenvalue weighted by Gasteiger charge is -2.25. The molecule has 1 N–H and O–H groups in total. The molecule has 0 atom stereocenters. The first-order valence-corrected chi connectivity index (χ1v) is 7.01. The maximum Gasteiger partial charge on any atom is 0.258 e. The van der Waals surface area contributed by atoms with Crippen LogP contribution in [-0.4, -0.2) is 39.2 Å². The Labute approximate surface area is 123 Å². The highest BCUT2D eigenvalue weighted by Crippen LogP contribution is 2.21. The van der Waals surface area contributed by atoms with Gasteiger partial charge in [0.2, 0.25) is 0 Å². The summed E-state index contributed by atoms with van der Waals surface area (Å²) in [5.74, 6) is 0.579. The molecular weight excluding hydrogens is 266 g/mol. The maximum absolute atomic E-state index is 12.5. The van der Waals surface area contributed by atoms with E-state index in [-0.39, 0.29) is 5.91 Å². The highest BCUT2D eigenvalue weighted by atomic mass is 16.1. The van der Waals surface area contributed by atoms with Gasteiger partial charge in [-0.2, -0.15) is 5.10 Å². The third kappa shape index (κ3) is 2.67. The Morgan fingerprint density at radius 2 is 2.14 bits per heavy atom. The molecule has 21 heavy (non-hydrogen) atoms. The molecule has 6 nitrogen and oxygen atoms in total. The number of rotatable bonds is 2. The van der Waals surface area contributed by atoms with Gasteiger partial charge in [-0.25, -0.2) is 0 Å². The van der Waals surface area contributed by atoms with Crippen LogP contribution >= 0.6 is 0 Å². The van der Waals surface area contributed by atoms with Crippen molar-refractivity contribution in [2.45, 2.75) is 19.9 Å². The van der Waals surface area contributed by atoms with E-state index in [0.29, 0.717) is 11.4 Å². The molecule has 1 amide bonds. The summed E-state index contributed by atoms with van der Waals surface area (Å²) in [5.41, 5.74) is 3.79. The van der Waals surface area contributed by atoms with Crippen molar-refractivity contribution in [3.8, 4) is 0 Å². The first kappa shape index (κ1) is 13.8. The summed E-state index contributed by atoms with van der Waals surface area (Å²) < 4.78 is 1.67. The minimum atomic E-state index is -0.119. The van der Waals surface area contributed by atoms with Crippen LogP contribution in [0, 0.1) is 6.92 Å². The van der Waals surface area contributed by atoms with Crippen LogP contribution in [0.4, 0.5) is 5.82 Å². The lowest BCUT2D eigenvalue weighted by Crippen LogP contribution is -2.29. The Morgan fingerprint density at radius 3 is 2.86 bits per heavy atom. The molecule has 1 aliphatic rings. The maximum atomic E-state index is 12.5. The van der Waals surface area contributed by atoms with Gasteiger partial charge in [-0.3, -0.25) is 14.5 Å². The van der Waals surface area contributed by atoms with Crippen molar-refractivity contribution >= 4 is 11.7 Å². The number of pyridine rings is 1. The molecule has 0 fully saturated rings. The molecular formula is C15H19N5O. The average molecular weight is 285 g/mol. The summed E-state index contributed by atoms with van der Waals surface area (Å²) in [6.07, 6.45) is 4.39. The Bertz CT molecular complexity index is 691. The highest BCUT2D eigenvalue weighted by molar-refractivity contribution is 6.04. The smallest absolute Gasteiger partial charge is 0.258 e. The average Bonchev–Trinajstić information content (AvgIpc) is 2.75. The van der Waals surface area contributed by atoms with Crippen molar-refractivity contribution in [2.24, 2.45) is 7.05 Å². The van der Waals surface area contributed by atoms with Gasteiger partial charge in [-0.15, -0.1) is 0 Å². The van der Waals surface area contributed by atoms with Gasteiger partial charge in [0.05, 0.1) is 11.3 Å². The van der Waals surface area contributed by atoms with Crippen molar-refractivity contribution in [1.29, 1.82) is 0 Å². The summed E-state index contributed by atoms with van der Waals surface area (Å²) in [7, 11) is 3.89. The van der Waals surface area contributed by atoms with Gasteiger partial charge in [0.25, 0.3) is 5.91 Å². The van der Waals surface area contributed by atoms with Crippen molar-refractivity contribution in [3.63, 3.8) is 0 Å². The number of aryl methyl sites for hydroxylation is 2. The van der Waals surface area contributed by atoms with Gasteiger partial charge in [-0.1, -0.05) is 0 Å². The van der Waals surface area contributed by atoms with Crippen molar-refractivity contribution < 1.29 is 4.79 Å². The fourth-order valence-corrected chi connectivity index (χ4v) is 2.74. The second kappa shape index (κ2) is 5.29. The van der Waals surface area contributed by atoms with Gasteiger partial charge in [0, 0.05) is 38.6 Å². The molecule has 0 spiro atoms. The first-order chi connectivity index (χ1) is 10.0. The van der Waals surface area contributed by atoms with Crippen LogP contribution in [0.1, 0.15) is 27.2 Å². The van der Waals surface area contributed by atoms with E-state index in [2.05, 4.69) is 27.3 Å². The van der Waals surface area contributed by atoms with E-state index in [0.717, 1.165) is 36.3 Å². The molecule has 0 bridgehead atoms. The van der Waals surface area contributed by atoms with E-state index < -0.39 is 0 Å². The summed E-state index contributed by atoms with van der Waals surface area (Å²) in [4.78, 5) is 19.0. The van der Waals surface area contributed by atoms with Crippen LogP contribution in [0.25, 0.3) is 0 Å². The highest BCUT2D eigenvalue weighted by Gasteiger charge is 2.21. The van der Waals surface area contributed by atoms with E-state index in [9.17, 15) is 4.79 Å². The largest absolute Gasteiger partial charge is 0.307 e. The summed E-state index contributed by atoms with van der Waals surface area (Å²) >= 11 is 0. The molecule has 6 heteroatoms. The fourth-order valence-electron chi connectivity index (χ4n) is 2.74. The zero-order chi connectivity index (χ0) is 15.0. The first-order valence-electron chi connectivity index (χ1n) is 7.01. The van der Waals surface area contributed by atoms with Gasteiger partial charge in [0.1, 0.15) is 5.82 Å². The van der Waals surface area contributed by atoms with Crippen molar-refractivity contribution in [1.82, 2.24) is 19.7 Å². The Balaban J connectivity index is 1.89. The van der Waals surface area contributed by atoms with Crippen molar-refractivity contribution in [2.75, 3.05) is 18.9 Å². The molecule has 3 heterocycles. The Morgan fingerprint density at radius 1 is 1.33 bits per heavy atom. The quantitative estimate of drug-likeness (QED) is 0.905. The number of aromatic nitrogens is 3. The molecule has 2 aromatic heterocycles. The standard InChI is InChI=1S/C15H19N5O/c1-10-6-14(20(3)18-10)17-15(21)13-8-16-7-11-9-19(2)5-4-12(11)13/h6-8H,4-5,9H2,1-3H3,(H,17,21). The molecule has 1 aliphatic heterocycles. The lowest BCUT2D eigenvalue weighted by molar-refractivity contribution is 0.102. The van der Waals surface area contributed by atoms with Crippen molar-refractivity contribution in [3.05, 3.63) is 40.8 Å². The van der Waals surface area contributed by atoms with Crippen LogP contribution in [-0.2, 0) is 20.0 Å².